The summed E-state index contributed by atoms with van der Waals surface area (Å²) in [5.41, 5.74) is 0.0199. The quantitative estimate of drug-likeness (QED) is 0.921. The van der Waals surface area contributed by atoms with Crippen LogP contribution < -0.4 is 5.32 Å². The molecule has 1 aromatic rings. The molecule has 1 unspecified atom stereocenters. The summed E-state index contributed by atoms with van der Waals surface area (Å²) in [4.78, 5) is 26.9. The van der Waals surface area contributed by atoms with Crippen LogP contribution in [0, 0.1) is 5.82 Å². The minimum absolute atomic E-state index is 0.0133. The maximum atomic E-state index is 13.1. The van der Waals surface area contributed by atoms with Crippen LogP contribution in [0.5, 0.6) is 0 Å². The van der Waals surface area contributed by atoms with Crippen molar-refractivity contribution in [3.8, 4) is 0 Å². The molecule has 2 aliphatic rings. The lowest BCUT2D eigenvalue weighted by Crippen LogP contribution is -2.56. The van der Waals surface area contributed by atoms with E-state index >= 15 is 0 Å². The second kappa shape index (κ2) is 6.91. The molecule has 1 aliphatic carbocycles. The van der Waals surface area contributed by atoms with Gasteiger partial charge >= 0.3 is 0 Å². The third kappa shape index (κ3) is 3.45. The molecule has 1 aliphatic heterocycles. The van der Waals surface area contributed by atoms with Gasteiger partial charge in [0.25, 0.3) is 0 Å². The van der Waals surface area contributed by atoms with E-state index in [0.29, 0.717) is 19.4 Å². The van der Waals surface area contributed by atoms with Crippen molar-refractivity contribution in [2.24, 2.45) is 0 Å². The van der Waals surface area contributed by atoms with Crippen LogP contribution >= 0.6 is 0 Å². The first-order chi connectivity index (χ1) is 11.5. The largest absolute Gasteiger partial charge is 0.351 e. The van der Waals surface area contributed by atoms with Crippen molar-refractivity contribution in [3.63, 3.8) is 0 Å². The van der Waals surface area contributed by atoms with E-state index in [1.807, 2.05) is 6.92 Å². The molecule has 1 atom stereocenters. The first-order valence-corrected chi connectivity index (χ1v) is 8.85. The Hall–Kier alpha value is -1.91. The van der Waals surface area contributed by atoms with Crippen molar-refractivity contribution in [1.29, 1.82) is 0 Å². The number of carbonyl (C=O) groups excluding carboxylic acids is 2. The van der Waals surface area contributed by atoms with E-state index in [9.17, 15) is 14.0 Å². The van der Waals surface area contributed by atoms with E-state index < -0.39 is 5.54 Å². The molecule has 1 aromatic carbocycles. The average molecular weight is 332 g/mol. The second-order valence-corrected chi connectivity index (χ2v) is 7.19. The zero-order valence-electron chi connectivity index (χ0n) is 14.2. The Morgan fingerprint density at radius 3 is 2.58 bits per heavy atom. The van der Waals surface area contributed by atoms with Gasteiger partial charge < -0.3 is 10.2 Å². The molecular formula is C19H25FN2O2. The Labute approximate surface area is 142 Å². The van der Waals surface area contributed by atoms with Gasteiger partial charge in [-0.15, -0.1) is 0 Å². The first-order valence-electron chi connectivity index (χ1n) is 8.85. The maximum Gasteiger partial charge on any atom is 0.245 e. The lowest BCUT2D eigenvalue weighted by atomic mass is 9.92. The van der Waals surface area contributed by atoms with Crippen LogP contribution in [0.25, 0.3) is 0 Å². The molecule has 1 heterocycles. The molecule has 2 fully saturated rings. The van der Waals surface area contributed by atoms with Gasteiger partial charge in [-0.3, -0.25) is 9.59 Å². The molecular weight excluding hydrogens is 307 g/mol. The second-order valence-electron chi connectivity index (χ2n) is 7.19. The van der Waals surface area contributed by atoms with Gasteiger partial charge in [0.15, 0.2) is 0 Å². The number of likely N-dealkylation sites (tertiary alicyclic amines) is 1. The molecule has 1 saturated heterocycles. The lowest BCUT2D eigenvalue weighted by molar-refractivity contribution is -0.141. The van der Waals surface area contributed by atoms with Crippen molar-refractivity contribution in [2.75, 3.05) is 0 Å². The van der Waals surface area contributed by atoms with Gasteiger partial charge in [-0.05, 0) is 43.9 Å². The van der Waals surface area contributed by atoms with Gasteiger partial charge in [0.1, 0.15) is 11.4 Å². The highest BCUT2D eigenvalue weighted by atomic mass is 19.1. The molecule has 0 radical (unpaired) electrons. The fourth-order valence-corrected chi connectivity index (χ4v) is 3.75. The first kappa shape index (κ1) is 16.9. The van der Waals surface area contributed by atoms with E-state index in [2.05, 4.69) is 5.32 Å². The Morgan fingerprint density at radius 1 is 1.25 bits per heavy atom. The number of rotatable bonds is 4. The van der Waals surface area contributed by atoms with E-state index in [1.54, 1.807) is 17.0 Å². The number of carbonyl (C=O) groups is 2. The van der Waals surface area contributed by atoms with Crippen molar-refractivity contribution in [3.05, 3.63) is 35.6 Å². The van der Waals surface area contributed by atoms with Crippen LogP contribution in [0.15, 0.2) is 24.3 Å². The highest BCUT2D eigenvalue weighted by Gasteiger charge is 2.47. The Morgan fingerprint density at radius 2 is 1.92 bits per heavy atom. The third-order valence-electron chi connectivity index (χ3n) is 5.41. The summed E-state index contributed by atoms with van der Waals surface area (Å²) in [5, 5.41) is 3.15. The SMILES string of the molecule is CC1(C(=O)NC2CCCCC2)CCC(=O)N1Cc1ccc(F)cc1. The number of nitrogens with zero attached hydrogens (tertiary/aromatic N) is 1. The predicted molar refractivity (Wildman–Crippen MR) is 89.6 cm³/mol. The topological polar surface area (TPSA) is 49.4 Å². The van der Waals surface area contributed by atoms with Gasteiger partial charge in [-0.1, -0.05) is 31.4 Å². The fraction of sp³-hybridized carbons (Fsp3) is 0.579. The van der Waals surface area contributed by atoms with Gasteiger partial charge in [0, 0.05) is 19.0 Å². The monoisotopic (exact) mass is 332 g/mol. The molecule has 0 aromatic heterocycles. The van der Waals surface area contributed by atoms with Crippen molar-refractivity contribution in [2.45, 2.75) is 70.0 Å². The summed E-state index contributed by atoms with van der Waals surface area (Å²) < 4.78 is 13.1. The van der Waals surface area contributed by atoms with Crippen molar-refractivity contribution >= 4 is 11.8 Å². The number of amides is 2. The number of nitrogens with one attached hydrogen (secondary N) is 1. The third-order valence-corrected chi connectivity index (χ3v) is 5.41. The van der Waals surface area contributed by atoms with Gasteiger partial charge in [-0.25, -0.2) is 4.39 Å². The average Bonchev–Trinajstić information content (AvgIpc) is 2.87. The summed E-state index contributed by atoms with van der Waals surface area (Å²) in [6, 6.07) is 6.33. The fourth-order valence-electron chi connectivity index (χ4n) is 3.75. The van der Waals surface area contributed by atoms with Crippen LogP contribution in [0.2, 0.25) is 0 Å². The number of benzene rings is 1. The van der Waals surface area contributed by atoms with E-state index in [1.165, 1.54) is 18.6 Å². The Kier molecular flexibility index (Phi) is 4.88. The van der Waals surface area contributed by atoms with Crippen LogP contribution in [0.4, 0.5) is 4.39 Å². The van der Waals surface area contributed by atoms with Gasteiger partial charge in [0.05, 0.1) is 0 Å². The number of hydrogen-bond donors (Lipinski definition) is 1. The zero-order chi connectivity index (χ0) is 17.2. The highest BCUT2D eigenvalue weighted by molar-refractivity contribution is 5.94. The molecule has 1 N–H and O–H groups in total. The summed E-state index contributed by atoms with van der Waals surface area (Å²) in [7, 11) is 0. The maximum absolute atomic E-state index is 13.1. The molecule has 4 nitrogen and oxygen atoms in total. The summed E-state index contributed by atoms with van der Waals surface area (Å²) in [6.45, 7) is 2.19. The van der Waals surface area contributed by atoms with Crippen LogP contribution in [0.3, 0.4) is 0 Å². The van der Waals surface area contributed by atoms with Crippen molar-refractivity contribution < 1.29 is 14.0 Å². The predicted octanol–water partition coefficient (Wildman–Crippen LogP) is 3.16. The van der Waals surface area contributed by atoms with E-state index in [4.69, 9.17) is 0 Å². The number of hydrogen-bond acceptors (Lipinski definition) is 2. The molecule has 3 rings (SSSR count). The zero-order valence-corrected chi connectivity index (χ0v) is 14.2. The minimum Gasteiger partial charge on any atom is -0.351 e. The smallest absolute Gasteiger partial charge is 0.245 e. The molecule has 1 saturated carbocycles. The Bertz CT molecular complexity index is 610. The molecule has 5 heteroatoms. The van der Waals surface area contributed by atoms with Crippen molar-refractivity contribution in [1.82, 2.24) is 10.2 Å². The molecule has 0 bridgehead atoms. The van der Waals surface area contributed by atoms with Crippen LogP contribution in [-0.4, -0.2) is 28.3 Å². The number of halogens is 1. The molecule has 2 amide bonds. The minimum atomic E-state index is -0.817. The van der Waals surface area contributed by atoms with E-state index in [-0.39, 0.29) is 23.7 Å². The molecule has 130 valence electrons. The summed E-state index contributed by atoms with van der Waals surface area (Å²) >= 11 is 0. The Balaban J connectivity index is 1.72. The van der Waals surface area contributed by atoms with Crippen LogP contribution in [-0.2, 0) is 16.1 Å². The highest BCUT2D eigenvalue weighted by Crippen LogP contribution is 2.32. The lowest BCUT2D eigenvalue weighted by Gasteiger charge is -2.36. The van der Waals surface area contributed by atoms with Gasteiger partial charge in [-0.2, -0.15) is 0 Å². The van der Waals surface area contributed by atoms with Gasteiger partial charge in [0.2, 0.25) is 11.8 Å². The normalized spacial score (nSPS) is 25.1. The van der Waals surface area contributed by atoms with E-state index in [0.717, 1.165) is 31.2 Å². The molecule has 24 heavy (non-hydrogen) atoms. The standard InChI is InChI=1S/C19H25FN2O2/c1-19(18(24)21-16-5-3-2-4-6-16)12-11-17(23)22(19)13-14-7-9-15(20)10-8-14/h7-10,16H,2-6,11-13H2,1H3,(H,21,24). The van der Waals surface area contributed by atoms with Crippen LogP contribution in [0.1, 0.15) is 57.4 Å². The molecule has 0 spiro atoms. The summed E-state index contributed by atoms with van der Waals surface area (Å²) in [6.07, 6.45) is 6.50. The summed E-state index contributed by atoms with van der Waals surface area (Å²) in [5.74, 6) is -0.368.